The lowest BCUT2D eigenvalue weighted by Gasteiger charge is -2.20. The molecule has 2 N–H and O–H groups in total. The second-order valence-electron chi connectivity index (χ2n) is 4.97. The molecule has 4 heteroatoms. The first kappa shape index (κ1) is 13.5. The normalized spacial score (nSPS) is 10.7. The predicted molar refractivity (Wildman–Crippen MR) is 80.3 cm³/mol. The Morgan fingerprint density at radius 2 is 1.79 bits per heavy atom. The summed E-state index contributed by atoms with van der Waals surface area (Å²) in [5, 5.41) is 4.35. The summed E-state index contributed by atoms with van der Waals surface area (Å²) >= 11 is 0. The zero-order valence-electron chi connectivity index (χ0n) is 12.1. The van der Waals surface area contributed by atoms with Gasteiger partial charge >= 0.3 is 0 Å². The molecule has 1 aromatic carbocycles. The van der Waals surface area contributed by atoms with Crippen LogP contribution >= 0.6 is 0 Å². The van der Waals surface area contributed by atoms with Crippen molar-refractivity contribution in [3.63, 3.8) is 0 Å². The minimum atomic E-state index is 0.759. The van der Waals surface area contributed by atoms with Crippen LogP contribution < -0.4 is 10.6 Å². The van der Waals surface area contributed by atoms with E-state index in [-0.39, 0.29) is 0 Å². The standard InChI is InChI=1S/C15H22N4/c1-5-12-6-8-13(9-7-12)10-18(3)15-14(16)11(2)17-19(15)4/h6-9H,5,10,16H2,1-4H3. The Balaban J connectivity index is 2.18. The summed E-state index contributed by atoms with van der Waals surface area (Å²) in [5.74, 6) is 0.970. The predicted octanol–water partition coefficient (Wildman–Crippen LogP) is 2.51. The third-order valence-electron chi connectivity index (χ3n) is 3.45. The van der Waals surface area contributed by atoms with E-state index >= 15 is 0 Å². The lowest BCUT2D eigenvalue weighted by atomic mass is 10.1. The summed E-state index contributed by atoms with van der Waals surface area (Å²) < 4.78 is 1.84. The van der Waals surface area contributed by atoms with Crippen molar-refractivity contribution < 1.29 is 0 Å². The Kier molecular flexibility index (Phi) is 3.79. The first-order valence-corrected chi connectivity index (χ1v) is 6.61. The molecule has 2 rings (SSSR count). The number of benzene rings is 1. The van der Waals surface area contributed by atoms with Gasteiger partial charge in [0.05, 0.1) is 11.4 Å². The molecular weight excluding hydrogens is 236 g/mol. The lowest BCUT2D eigenvalue weighted by Crippen LogP contribution is -2.20. The quantitative estimate of drug-likeness (QED) is 0.916. The number of nitrogen functional groups attached to an aromatic ring is 1. The van der Waals surface area contributed by atoms with Crippen molar-refractivity contribution in [2.24, 2.45) is 7.05 Å². The summed E-state index contributed by atoms with van der Waals surface area (Å²) in [6.07, 6.45) is 1.07. The highest BCUT2D eigenvalue weighted by Gasteiger charge is 2.14. The Labute approximate surface area is 114 Å². The number of nitrogens with zero attached hydrogens (tertiary/aromatic N) is 3. The first-order valence-electron chi connectivity index (χ1n) is 6.61. The Morgan fingerprint density at radius 3 is 2.26 bits per heavy atom. The molecule has 0 saturated carbocycles. The highest BCUT2D eigenvalue weighted by molar-refractivity contribution is 5.65. The Bertz CT molecular complexity index is 554. The van der Waals surface area contributed by atoms with E-state index in [0.717, 1.165) is 30.2 Å². The molecule has 0 atom stereocenters. The maximum absolute atomic E-state index is 6.08. The summed E-state index contributed by atoms with van der Waals surface area (Å²) in [5.41, 5.74) is 10.4. The third-order valence-corrected chi connectivity index (χ3v) is 3.45. The highest BCUT2D eigenvalue weighted by atomic mass is 15.4. The van der Waals surface area contributed by atoms with E-state index < -0.39 is 0 Å². The molecule has 0 amide bonds. The van der Waals surface area contributed by atoms with Crippen molar-refractivity contribution >= 4 is 11.5 Å². The monoisotopic (exact) mass is 258 g/mol. The fraction of sp³-hybridized carbons (Fsp3) is 0.400. The number of nitrogens with two attached hydrogens (primary N) is 1. The number of rotatable bonds is 4. The second kappa shape index (κ2) is 5.34. The zero-order chi connectivity index (χ0) is 14.0. The number of anilines is 2. The van der Waals surface area contributed by atoms with Crippen LogP contribution in [0.2, 0.25) is 0 Å². The van der Waals surface area contributed by atoms with E-state index in [1.54, 1.807) is 0 Å². The van der Waals surface area contributed by atoms with Gasteiger partial charge in [0.15, 0.2) is 0 Å². The van der Waals surface area contributed by atoms with E-state index in [1.807, 2.05) is 25.7 Å². The topological polar surface area (TPSA) is 47.1 Å². The van der Waals surface area contributed by atoms with Gasteiger partial charge in [-0.3, -0.25) is 4.68 Å². The van der Waals surface area contributed by atoms with Gasteiger partial charge in [-0.25, -0.2) is 0 Å². The van der Waals surface area contributed by atoms with Crippen molar-refractivity contribution in [1.82, 2.24) is 9.78 Å². The van der Waals surface area contributed by atoms with Gasteiger partial charge in [0, 0.05) is 20.6 Å². The molecule has 0 spiro atoms. The first-order chi connectivity index (χ1) is 9.02. The van der Waals surface area contributed by atoms with Crippen molar-refractivity contribution in [2.75, 3.05) is 17.7 Å². The van der Waals surface area contributed by atoms with Crippen molar-refractivity contribution in [2.45, 2.75) is 26.8 Å². The average molecular weight is 258 g/mol. The zero-order valence-corrected chi connectivity index (χ0v) is 12.1. The van der Waals surface area contributed by atoms with Crippen molar-refractivity contribution in [3.8, 4) is 0 Å². The van der Waals surface area contributed by atoms with Crippen LogP contribution in [-0.2, 0) is 20.0 Å². The van der Waals surface area contributed by atoms with Crippen LogP contribution in [0.1, 0.15) is 23.7 Å². The molecule has 0 aliphatic rings. The SMILES string of the molecule is CCc1ccc(CN(C)c2c(N)c(C)nn2C)cc1. The van der Waals surface area contributed by atoms with Gasteiger partial charge in [-0.05, 0) is 24.5 Å². The number of hydrogen-bond acceptors (Lipinski definition) is 3. The van der Waals surface area contributed by atoms with E-state index in [2.05, 4.69) is 41.2 Å². The largest absolute Gasteiger partial charge is 0.394 e. The molecule has 19 heavy (non-hydrogen) atoms. The molecule has 1 aromatic heterocycles. The van der Waals surface area contributed by atoms with Crippen LogP contribution in [0.3, 0.4) is 0 Å². The van der Waals surface area contributed by atoms with Crippen LogP contribution in [0.15, 0.2) is 24.3 Å². The van der Waals surface area contributed by atoms with Gasteiger partial charge in [-0.2, -0.15) is 5.10 Å². The fourth-order valence-electron chi connectivity index (χ4n) is 2.34. The third kappa shape index (κ3) is 2.72. The van der Waals surface area contributed by atoms with Gasteiger partial charge in [-0.1, -0.05) is 31.2 Å². The molecule has 0 radical (unpaired) electrons. The van der Waals surface area contributed by atoms with Crippen molar-refractivity contribution in [1.29, 1.82) is 0 Å². The molecular formula is C15H22N4. The molecule has 0 aliphatic heterocycles. The van der Waals surface area contributed by atoms with Gasteiger partial charge in [0.2, 0.25) is 0 Å². The van der Waals surface area contributed by atoms with Gasteiger partial charge in [0.25, 0.3) is 0 Å². The molecule has 4 nitrogen and oxygen atoms in total. The molecule has 1 heterocycles. The smallest absolute Gasteiger partial charge is 0.150 e. The number of aryl methyl sites for hydroxylation is 3. The van der Waals surface area contributed by atoms with Crippen LogP contribution in [0, 0.1) is 6.92 Å². The number of aromatic nitrogens is 2. The van der Waals surface area contributed by atoms with Crippen LogP contribution in [0.25, 0.3) is 0 Å². The van der Waals surface area contributed by atoms with Crippen molar-refractivity contribution in [3.05, 3.63) is 41.1 Å². The molecule has 0 aliphatic carbocycles. The number of hydrogen-bond donors (Lipinski definition) is 1. The maximum atomic E-state index is 6.08. The highest BCUT2D eigenvalue weighted by Crippen LogP contribution is 2.25. The van der Waals surface area contributed by atoms with Crippen LogP contribution in [-0.4, -0.2) is 16.8 Å². The van der Waals surface area contributed by atoms with Gasteiger partial charge in [0.1, 0.15) is 5.82 Å². The van der Waals surface area contributed by atoms with Gasteiger partial charge in [-0.15, -0.1) is 0 Å². The molecule has 0 fully saturated rings. The summed E-state index contributed by atoms with van der Waals surface area (Å²) in [4.78, 5) is 2.14. The Hall–Kier alpha value is -1.97. The molecule has 2 aromatic rings. The minimum Gasteiger partial charge on any atom is -0.394 e. The fourth-order valence-corrected chi connectivity index (χ4v) is 2.34. The molecule has 0 bridgehead atoms. The average Bonchev–Trinajstić information content (AvgIpc) is 2.64. The minimum absolute atomic E-state index is 0.759. The Morgan fingerprint density at radius 1 is 1.21 bits per heavy atom. The summed E-state index contributed by atoms with van der Waals surface area (Å²) in [6.45, 7) is 4.93. The summed E-state index contributed by atoms with van der Waals surface area (Å²) in [7, 11) is 3.97. The van der Waals surface area contributed by atoms with E-state index in [9.17, 15) is 0 Å². The second-order valence-corrected chi connectivity index (χ2v) is 4.97. The van der Waals surface area contributed by atoms with E-state index in [0.29, 0.717) is 0 Å². The van der Waals surface area contributed by atoms with E-state index in [1.165, 1.54) is 11.1 Å². The van der Waals surface area contributed by atoms with Crippen LogP contribution in [0.4, 0.5) is 11.5 Å². The lowest BCUT2D eigenvalue weighted by molar-refractivity contribution is 0.727. The molecule has 0 unspecified atom stereocenters. The van der Waals surface area contributed by atoms with Crippen LogP contribution in [0.5, 0.6) is 0 Å². The summed E-state index contributed by atoms with van der Waals surface area (Å²) in [6, 6.07) is 8.71. The molecule has 0 saturated heterocycles. The molecule has 102 valence electrons. The van der Waals surface area contributed by atoms with Gasteiger partial charge < -0.3 is 10.6 Å². The van der Waals surface area contributed by atoms with E-state index in [4.69, 9.17) is 5.73 Å². The maximum Gasteiger partial charge on any atom is 0.150 e.